The largest absolute Gasteiger partial charge is 0.349 e. The molecule has 0 unspecified atom stereocenters. The van der Waals surface area contributed by atoms with Crippen LogP contribution in [0.1, 0.15) is 58.4 Å². The molecule has 1 fully saturated rings. The van der Waals surface area contributed by atoms with Gasteiger partial charge in [0.05, 0.1) is 21.8 Å². The lowest BCUT2D eigenvalue weighted by atomic mass is 9.95. The molecule has 0 radical (unpaired) electrons. The van der Waals surface area contributed by atoms with Crippen LogP contribution in [0, 0.1) is 6.92 Å². The average Bonchev–Trinajstić information content (AvgIpc) is 2.89. The number of anilines is 2. The van der Waals surface area contributed by atoms with Gasteiger partial charge in [0.25, 0.3) is 21.8 Å². The maximum absolute atomic E-state index is 13.0. The molecule has 36 heavy (non-hydrogen) atoms. The van der Waals surface area contributed by atoms with E-state index in [1.54, 1.807) is 72.8 Å². The second-order valence-electron chi connectivity index (χ2n) is 9.14. The molecule has 2 N–H and O–H groups in total. The maximum Gasteiger partial charge on any atom is 0.264 e. The van der Waals surface area contributed by atoms with Gasteiger partial charge in [0, 0.05) is 18.7 Å². The molecule has 3 aromatic carbocycles. The highest BCUT2D eigenvalue weighted by molar-refractivity contribution is 7.92. The van der Waals surface area contributed by atoms with Crippen molar-refractivity contribution in [2.75, 3.05) is 16.7 Å². The number of nitrogens with one attached hydrogen (secondary N) is 2. The number of aryl methyl sites for hydroxylation is 1. The standard InChI is InChI=1S/C28H31N3O4S/c1-20-12-18-24(19-13-20)36(34,35)31(2)23-16-14-21(15-17-23)27(32)30-26-11-7-6-10-25(26)28(33)29-22-8-4-3-5-9-22/h6-7,10-19,22H,3-5,8-9H2,1-2H3,(H,29,33)(H,30,32). The van der Waals surface area contributed by atoms with Gasteiger partial charge in [-0.1, -0.05) is 49.1 Å². The number of carbonyl (C=O) groups is 2. The molecule has 0 bridgehead atoms. The number of nitrogens with zero attached hydrogens (tertiary/aromatic N) is 1. The third kappa shape index (κ3) is 5.76. The van der Waals surface area contributed by atoms with Crippen molar-refractivity contribution in [1.82, 2.24) is 5.32 Å². The van der Waals surface area contributed by atoms with Crippen LogP contribution in [-0.4, -0.2) is 33.3 Å². The van der Waals surface area contributed by atoms with E-state index in [-0.39, 0.29) is 22.8 Å². The average molecular weight is 506 g/mol. The molecule has 8 heteroatoms. The number of sulfonamides is 1. The molecule has 188 valence electrons. The molecular formula is C28H31N3O4S. The molecule has 7 nitrogen and oxygen atoms in total. The third-order valence-electron chi connectivity index (χ3n) is 6.53. The fourth-order valence-corrected chi connectivity index (χ4v) is 5.52. The van der Waals surface area contributed by atoms with Crippen molar-refractivity contribution >= 4 is 33.2 Å². The van der Waals surface area contributed by atoms with Gasteiger partial charge in [0.15, 0.2) is 0 Å². The summed E-state index contributed by atoms with van der Waals surface area (Å²) in [6.45, 7) is 1.89. The highest BCUT2D eigenvalue weighted by Crippen LogP contribution is 2.24. The monoisotopic (exact) mass is 505 g/mol. The van der Waals surface area contributed by atoms with E-state index in [4.69, 9.17) is 0 Å². The van der Waals surface area contributed by atoms with Crippen LogP contribution in [-0.2, 0) is 10.0 Å². The van der Waals surface area contributed by atoms with Crippen molar-refractivity contribution in [2.24, 2.45) is 0 Å². The summed E-state index contributed by atoms with van der Waals surface area (Å²) in [5, 5.41) is 5.91. The van der Waals surface area contributed by atoms with E-state index in [9.17, 15) is 18.0 Å². The summed E-state index contributed by atoms with van der Waals surface area (Å²) in [5.74, 6) is -0.584. The lowest BCUT2D eigenvalue weighted by Crippen LogP contribution is -2.36. The zero-order valence-corrected chi connectivity index (χ0v) is 21.3. The second kappa shape index (κ2) is 11.0. The Labute approximate surface area is 212 Å². The van der Waals surface area contributed by atoms with E-state index < -0.39 is 10.0 Å². The Morgan fingerprint density at radius 2 is 1.47 bits per heavy atom. The number of rotatable bonds is 7. The van der Waals surface area contributed by atoms with Crippen LogP contribution < -0.4 is 14.9 Å². The number of hydrogen-bond donors (Lipinski definition) is 2. The lowest BCUT2D eigenvalue weighted by Gasteiger charge is -2.23. The molecule has 0 heterocycles. The second-order valence-corrected chi connectivity index (χ2v) is 11.1. The van der Waals surface area contributed by atoms with Crippen molar-refractivity contribution in [1.29, 1.82) is 0 Å². The topological polar surface area (TPSA) is 95.6 Å². The molecule has 0 spiro atoms. The van der Waals surface area contributed by atoms with E-state index in [0.29, 0.717) is 22.5 Å². The Hall–Kier alpha value is -3.65. The smallest absolute Gasteiger partial charge is 0.264 e. The van der Waals surface area contributed by atoms with E-state index in [1.807, 2.05) is 6.92 Å². The SMILES string of the molecule is Cc1ccc(S(=O)(=O)N(C)c2ccc(C(=O)Nc3ccccc3C(=O)NC3CCCCC3)cc2)cc1. The van der Waals surface area contributed by atoms with Gasteiger partial charge in [-0.15, -0.1) is 0 Å². The fraction of sp³-hybridized carbons (Fsp3) is 0.286. The molecule has 0 aromatic heterocycles. The molecule has 1 saturated carbocycles. The van der Waals surface area contributed by atoms with Gasteiger partial charge in [-0.2, -0.15) is 0 Å². The summed E-state index contributed by atoms with van der Waals surface area (Å²) in [6.07, 6.45) is 5.37. The normalized spacial score (nSPS) is 14.2. The summed E-state index contributed by atoms with van der Waals surface area (Å²) >= 11 is 0. The van der Waals surface area contributed by atoms with E-state index in [0.717, 1.165) is 31.2 Å². The van der Waals surface area contributed by atoms with Gasteiger partial charge >= 0.3 is 0 Å². The van der Waals surface area contributed by atoms with Crippen LogP contribution >= 0.6 is 0 Å². The van der Waals surface area contributed by atoms with Gasteiger partial charge in [0.2, 0.25) is 0 Å². The fourth-order valence-electron chi connectivity index (χ4n) is 4.32. The Morgan fingerprint density at radius 3 is 2.14 bits per heavy atom. The Morgan fingerprint density at radius 1 is 0.833 bits per heavy atom. The molecule has 1 aliphatic rings. The molecular weight excluding hydrogens is 474 g/mol. The third-order valence-corrected chi connectivity index (χ3v) is 8.33. The molecule has 0 atom stereocenters. The van der Waals surface area contributed by atoms with Crippen LogP contribution in [0.5, 0.6) is 0 Å². The van der Waals surface area contributed by atoms with Gasteiger partial charge in [-0.3, -0.25) is 13.9 Å². The summed E-state index contributed by atoms with van der Waals surface area (Å²) in [7, 11) is -2.25. The Balaban J connectivity index is 1.46. The van der Waals surface area contributed by atoms with Crippen LogP contribution in [0.3, 0.4) is 0 Å². The van der Waals surface area contributed by atoms with E-state index in [2.05, 4.69) is 10.6 Å². The number of para-hydroxylation sites is 1. The number of carbonyl (C=O) groups excluding carboxylic acids is 2. The van der Waals surface area contributed by atoms with Gasteiger partial charge in [-0.05, 0) is 68.3 Å². The van der Waals surface area contributed by atoms with Crippen molar-refractivity contribution in [2.45, 2.75) is 50.0 Å². The minimum atomic E-state index is -3.73. The first-order valence-corrected chi connectivity index (χ1v) is 13.6. The van der Waals surface area contributed by atoms with Crippen LogP contribution in [0.15, 0.2) is 77.7 Å². The molecule has 1 aliphatic carbocycles. The number of hydrogen-bond acceptors (Lipinski definition) is 4. The zero-order chi connectivity index (χ0) is 25.7. The van der Waals surface area contributed by atoms with Crippen molar-refractivity contribution < 1.29 is 18.0 Å². The van der Waals surface area contributed by atoms with E-state index >= 15 is 0 Å². The predicted octanol–water partition coefficient (Wildman–Crippen LogP) is 5.13. The van der Waals surface area contributed by atoms with E-state index in [1.165, 1.54) is 17.8 Å². The minimum Gasteiger partial charge on any atom is -0.349 e. The van der Waals surface area contributed by atoms with Gasteiger partial charge in [0.1, 0.15) is 0 Å². The zero-order valence-electron chi connectivity index (χ0n) is 20.5. The summed E-state index contributed by atoms with van der Waals surface area (Å²) in [5.41, 5.74) is 2.60. The number of benzene rings is 3. The van der Waals surface area contributed by atoms with Crippen molar-refractivity contribution in [3.05, 3.63) is 89.5 Å². The molecule has 3 aromatic rings. The summed E-state index contributed by atoms with van der Waals surface area (Å²) in [6, 6.07) is 20.0. The first-order valence-electron chi connectivity index (χ1n) is 12.1. The van der Waals surface area contributed by atoms with Crippen molar-refractivity contribution in [3.63, 3.8) is 0 Å². The molecule has 2 amide bonds. The van der Waals surface area contributed by atoms with Crippen LogP contribution in [0.2, 0.25) is 0 Å². The van der Waals surface area contributed by atoms with Crippen molar-refractivity contribution in [3.8, 4) is 0 Å². The molecule has 0 saturated heterocycles. The minimum absolute atomic E-state index is 0.163. The van der Waals surface area contributed by atoms with Crippen LogP contribution in [0.25, 0.3) is 0 Å². The lowest BCUT2D eigenvalue weighted by molar-refractivity contribution is 0.0928. The summed E-state index contributed by atoms with van der Waals surface area (Å²) < 4.78 is 27.1. The van der Waals surface area contributed by atoms with Gasteiger partial charge < -0.3 is 10.6 Å². The molecule has 4 rings (SSSR count). The highest BCUT2D eigenvalue weighted by Gasteiger charge is 2.22. The molecule has 0 aliphatic heterocycles. The maximum atomic E-state index is 13.0. The Bertz CT molecular complexity index is 1330. The summed E-state index contributed by atoms with van der Waals surface area (Å²) in [4.78, 5) is 26.0. The quantitative estimate of drug-likeness (QED) is 0.465. The first kappa shape index (κ1) is 25.4. The number of amides is 2. The van der Waals surface area contributed by atoms with Gasteiger partial charge in [-0.25, -0.2) is 8.42 Å². The first-order chi connectivity index (χ1) is 17.3. The Kier molecular flexibility index (Phi) is 7.74. The van der Waals surface area contributed by atoms with Crippen LogP contribution in [0.4, 0.5) is 11.4 Å². The highest BCUT2D eigenvalue weighted by atomic mass is 32.2. The predicted molar refractivity (Wildman–Crippen MR) is 142 cm³/mol.